The highest BCUT2D eigenvalue weighted by Crippen LogP contribution is 2.29. The molecule has 264 valence electrons. The van der Waals surface area contributed by atoms with Gasteiger partial charge in [-0.3, -0.25) is 9.59 Å². The van der Waals surface area contributed by atoms with Gasteiger partial charge in [0.05, 0.1) is 5.92 Å². The molecule has 5 rings (SSSR count). The van der Waals surface area contributed by atoms with Crippen molar-refractivity contribution in [2.24, 2.45) is 5.92 Å². The Morgan fingerprint density at radius 3 is 1.31 bits per heavy atom. The van der Waals surface area contributed by atoms with Crippen LogP contribution < -0.4 is 30.2 Å². The van der Waals surface area contributed by atoms with Gasteiger partial charge in [-0.2, -0.15) is 41.3 Å². The fraction of sp³-hybridized carbons (Fsp3) is 0.630. The zero-order chi connectivity index (χ0) is 34.8. The summed E-state index contributed by atoms with van der Waals surface area (Å²) in [6.45, 7) is 1.44. The van der Waals surface area contributed by atoms with Gasteiger partial charge in [0.2, 0.25) is 29.6 Å². The number of carbonyl (C=O) groups excluding carboxylic acids is 3. The van der Waals surface area contributed by atoms with Gasteiger partial charge in [-0.1, -0.05) is 0 Å². The summed E-state index contributed by atoms with van der Waals surface area (Å²) in [6.07, 6.45) is -8.68. The molecule has 48 heavy (non-hydrogen) atoms. The van der Waals surface area contributed by atoms with Gasteiger partial charge in [-0.15, -0.1) is 4.73 Å². The summed E-state index contributed by atoms with van der Waals surface area (Å²) < 4.78 is 77.0. The Morgan fingerprint density at radius 1 is 0.646 bits per heavy atom. The van der Waals surface area contributed by atoms with Crippen molar-refractivity contribution in [3.63, 3.8) is 0 Å². The molecule has 3 fully saturated rings. The number of piperidine rings is 3. The predicted octanol–water partition coefficient (Wildman–Crippen LogP) is 1.25. The van der Waals surface area contributed by atoms with E-state index in [2.05, 4.69) is 15.0 Å². The van der Waals surface area contributed by atoms with E-state index < -0.39 is 59.9 Å². The van der Waals surface area contributed by atoms with Crippen molar-refractivity contribution in [2.45, 2.75) is 63.0 Å². The lowest BCUT2D eigenvalue weighted by Crippen LogP contribution is -2.49. The molecule has 21 heteroatoms. The predicted molar refractivity (Wildman–Crippen MR) is 153 cm³/mol. The summed E-state index contributed by atoms with van der Waals surface area (Å²) >= 11 is 0. The Balaban J connectivity index is 1.28. The van der Waals surface area contributed by atoms with Gasteiger partial charge in [0, 0.05) is 63.5 Å². The van der Waals surface area contributed by atoms with Crippen LogP contribution in [0.4, 0.5) is 44.2 Å². The van der Waals surface area contributed by atoms with Crippen molar-refractivity contribution in [3.05, 3.63) is 12.1 Å². The molecule has 0 radical (unpaired) electrons. The Hall–Kier alpha value is -4.72. The first kappa shape index (κ1) is 34.6. The summed E-state index contributed by atoms with van der Waals surface area (Å²) in [4.78, 5) is 59.7. The van der Waals surface area contributed by atoms with Crippen LogP contribution in [0.15, 0.2) is 12.1 Å². The smallest absolute Gasteiger partial charge is 0.471 e. The van der Waals surface area contributed by atoms with Crippen LogP contribution in [0.5, 0.6) is 11.8 Å². The summed E-state index contributed by atoms with van der Waals surface area (Å²) in [6, 6.07) is 0.888. The largest absolute Gasteiger partial charge is 0.492 e. The van der Waals surface area contributed by atoms with Crippen LogP contribution in [0.2, 0.25) is 0 Å². The van der Waals surface area contributed by atoms with E-state index in [9.17, 15) is 50.9 Å². The number of nitrogens with one attached hydrogen (secondary N) is 2. The van der Waals surface area contributed by atoms with Gasteiger partial charge in [0.25, 0.3) is 0 Å². The van der Waals surface area contributed by atoms with Crippen LogP contribution in [0.1, 0.15) is 38.5 Å². The Bertz CT molecular complexity index is 1400. The van der Waals surface area contributed by atoms with Crippen LogP contribution in [0.3, 0.4) is 0 Å². The molecule has 4 N–H and O–H groups in total. The fourth-order valence-corrected chi connectivity index (χ4v) is 5.72. The molecule has 0 aliphatic carbocycles. The number of aromatic nitrogens is 4. The lowest BCUT2D eigenvalue weighted by Gasteiger charge is -2.36. The van der Waals surface area contributed by atoms with Crippen LogP contribution in [0, 0.1) is 5.92 Å². The molecule has 5 heterocycles. The SMILES string of the molecule is O=C(On1c(O)ccc1O)C1CCN(c2nc(N3CCC(NC(=O)C(F)(F)F)CC3)nc(N3CCC(NC(=O)C(F)(F)F)CC3)n2)CC1. The molecule has 3 saturated heterocycles. The van der Waals surface area contributed by atoms with E-state index in [0.29, 0.717) is 30.7 Å². The first-order valence-electron chi connectivity index (χ1n) is 15.2. The third-order valence-corrected chi connectivity index (χ3v) is 8.43. The van der Waals surface area contributed by atoms with Crippen molar-refractivity contribution in [1.29, 1.82) is 0 Å². The molecule has 15 nitrogen and oxygen atoms in total. The molecule has 0 atom stereocenters. The minimum absolute atomic E-state index is 0.183. The number of rotatable bonds is 7. The van der Waals surface area contributed by atoms with Gasteiger partial charge < -0.3 is 40.4 Å². The number of halogens is 6. The minimum atomic E-state index is -5.01. The van der Waals surface area contributed by atoms with Crippen LogP contribution in [0.25, 0.3) is 0 Å². The summed E-state index contributed by atoms with van der Waals surface area (Å²) in [5.74, 6) is -5.54. The van der Waals surface area contributed by atoms with Crippen molar-refractivity contribution >= 4 is 35.6 Å². The third kappa shape index (κ3) is 8.22. The van der Waals surface area contributed by atoms with Crippen molar-refractivity contribution in [3.8, 4) is 11.8 Å². The number of alkyl halides is 6. The third-order valence-electron chi connectivity index (χ3n) is 8.43. The molecule has 0 unspecified atom stereocenters. The average molecular weight is 694 g/mol. The van der Waals surface area contributed by atoms with Crippen molar-refractivity contribution < 1.29 is 55.8 Å². The maximum Gasteiger partial charge on any atom is 0.471 e. The minimum Gasteiger partial charge on any atom is -0.492 e. The Morgan fingerprint density at radius 2 is 0.979 bits per heavy atom. The number of anilines is 3. The number of hydrogen-bond donors (Lipinski definition) is 4. The fourth-order valence-electron chi connectivity index (χ4n) is 5.72. The maximum atomic E-state index is 12.7. The Labute approximate surface area is 268 Å². The van der Waals surface area contributed by atoms with E-state index in [1.165, 1.54) is 0 Å². The highest BCUT2D eigenvalue weighted by molar-refractivity contribution is 5.82. The standard InChI is InChI=1S/C27H33F6N9O6/c28-26(29,30)21(46)34-16-5-11-40(12-6-16)24-36-23(37-25(38-24)41-13-7-17(8-14-41)35-22(47)27(31,32)33)39-9-3-15(4-10-39)20(45)48-42-18(43)1-2-19(42)44/h1-2,15-17,43-44H,3-14H2,(H,34,46)(H,35,47). The molecule has 0 spiro atoms. The quantitative estimate of drug-likeness (QED) is 0.306. The number of aromatic hydroxyl groups is 2. The lowest BCUT2D eigenvalue weighted by atomic mass is 9.97. The van der Waals surface area contributed by atoms with Crippen LogP contribution in [-0.4, -0.2) is 111 Å². The molecule has 0 saturated carbocycles. The van der Waals surface area contributed by atoms with E-state index in [1.807, 2.05) is 10.6 Å². The molecule has 0 bridgehead atoms. The van der Waals surface area contributed by atoms with E-state index >= 15 is 0 Å². The van der Waals surface area contributed by atoms with E-state index in [4.69, 9.17) is 4.84 Å². The molecular weight excluding hydrogens is 660 g/mol. The zero-order valence-corrected chi connectivity index (χ0v) is 25.3. The highest BCUT2D eigenvalue weighted by Gasteiger charge is 2.41. The number of carbonyl (C=O) groups is 3. The summed E-state index contributed by atoms with van der Waals surface area (Å²) in [5, 5.41) is 23.5. The van der Waals surface area contributed by atoms with E-state index in [1.54, 1.807) is 14.7 Å². The molecule has 3 aliphatic heterocycles. The molecule has 3 aliphatic rings. The molecule has 2 aromatic heterocycles. The molecule has 2 amide bonds. The van der Waals surface area contributed by atoms with Gasteiger partial charge in [0.15, 0.2) is 0 Å². The normalized spacial score (nSPS) is 18.9. The van der Waals surface area contributed by atoms with E-state index in [-0.39, 0.29) is 69.7 Å². The molecular formula is C27H33F6N9O6. The average Bonchev–Trinajstić information content (AvgIpc) is 3.36. The van der Waals surface area contributed by atoms with Crippen LogP contribution >= 0.6 is 0 Å². The number of amides is 2. The Kier molecular flexibility index (Phi) is 9.94. The topological polar surface area (TPSA) is 178 Å². The van der Waals surface area contributed by atoms with Gasteiger partial charge >= 0.3 is 30.1 Å². The first-order chi connectivity index (χ1) is 22.6. The first-order valence-corrected chi connectivity index (χ1v) is 15.2. The maximum absolute atomic E-state index is 12.7. The van der Waals surface area contributed by atoms with Crippen molar-refractivity contribution in [2.75, 3.05) is 54.0 Å². The van der Waals surface area contributed by atoms with Crippen molar-refractivity contribution in [1.82, 2.24) is 30.3 Å². The van der Waals surface area contributed by atoms with Gasteiger partial charge in [-0.05, 0) is 38.5 Å². The second-order valence-electron chi connectivity index (χ2n) is 11.7. The summed E-state index contributed by atoms with van der Waals surface area (Å²) in [5.41, 5.74) is 0. The van der Waals surface area contributed by atoms with E-state index in [0.717, 1.165) is 12.1 Å². The highest BCUT2D eigenvalue weighted by atomic mass is 19.4. The number of nitrogens with zero attached hydrogens (tertiary/aromatic N) is 7. The molecule has 0 aromatic carbocycles. The lowest BCUT2D eigenvalue weighted by molar-refractivity contribution is -0.174. The van der Waals surface area contributed by atoms with Gasteiger partial charge in [0.1, 0.15) is 0 Å². The van der Waals surface area contributed by atoms with Gasteiger partial charge in [-0.25, -0.2) is 4.79 Å². The summed E-state index contributed by atoms with van der Waals surface area (Å²) in [7, 11) is 0. The van der Waals surface area contributed by atoms with Crippen LogP contribution in [-0.2, 0) is 14.4 Å². The second-order valence-corrected chi connectivity index (χ2v) is 11.7. The monoisotopic (exact) mass is 693 g/mol. The number of hydrogen-bond acceptors (Lipinski definition) is 12. The second kappa shape index (κ2) is 13.8. The zero-order valence-electron chi connectivity index (χ0n) is 25.3. The molecule has 2 aromatic rings.